The Morgan fingerprint density at radius 2 is 2.50 bits per heavy atom. The van der Waals surface area contributed by atoms with Gasteiger partial charge in [0.2, 0.25) is 0 Å². The highest BCUT2D eigenvalue weighted by Gasteiger charge is 2.15. The van der Waals surface area contributed by atoms with Gasteiger partial charge in [0.05, 0.1) is 24.2 Å². The van der Waals surface area contributed by atoms with Crippen molar-refractivity contribution in [3.8, 4) is 0 Å². The molecule has 7 nitrogen and oxygen atoms in total. The van der Waals surface area contributed by atoms with Gasteiger partial charge in [-0.3, -0.25) is 10.1 Å². The van der Waals surface area contributed by atoms with Gasteiger partial charge in [-0.1, -0.05) is 0 Å². The zero-order valence-corrected chi connectivity index (χ0v) is 11.5. The van der Waals surface area contributed by atoms with Gasteiger partial charge in [0.1, 0.15) is 12.0 Å². The first kappa shape index (κ1) is 14.7. The average molecular weight is 281 g/mol. The van der Waals surface area contributed by atoms with Gasteiger partial charge in [-0.05, 0) is 25.8 Å². The van der Waals surface area contributed by atoms with E-state index in [-0.39, 0.29) is 11.8 Å². The lowest BCUT2D eigenvalue weighted by molar-refractivity contribution is -0.385. The molecule has 1 aliphatic rings. The smallest absolute Gasteiger partial charge is 0.290 e. The summed E-state index contributed by atoms with van der Waals surface area (Å²) in [6.45, 7) is 4.31. The van der Waals surface area contributed by atoms with Crippen molar-refractivity contribution in [2.45, 2.75) is 25.9 Å². The number of hydrogen-bond donors (Lipinski definition) is 1. The van der Waals surface area contributed by atoms with Crippen LogP contribution in [0, 0.1) is 17.0 Å². The largest absolute Gasteiger partial charge is 0.377 e. The van der Waals surface area contributed by atoms with Crippen LogP contribution in [-0.4, -0.2) is 42.4 Å². The Morgan fingerprint density at radius 1 is 1.65 bits per heavy atom. The number of nitrogens with zero attached hydrogens (tertiary/aromatic N) is 2. The van der Waals surface area contributed by atoms with Gasteiger partial charge < -0.3 is 14.8 Å². The first-order valence-electron chi connectivity index (χ1n) is 6.71. The first-order valence-corrected chi connectivity index (χ1v) is 6.71. The number of ether oxygens (including phenoxy) is 2. The van der Waals surface area contributed by atoms with Crippen LogP contribution in [0.15, 0.2) is 12.3 Å². The van der Waals surface area contributed by atoms with E-state index < -0.39 is 4.92 Å². The Hall–Kier alpha value is -1.73. The Bertz CT molecular complexity index is 461. The molecule has 1 fully saturated rings. The zero-order chi connectivity index (χ0) is 14.4. The van der Waals surface area contributed by atoms with Crippen LogP contribution < -0.4 is 5.32 Å². The molecular formula is C13H19N3O4. The van der Waals surface area contributed by atoms with Gasteiger partial charge in [0.25, 0.3) is 5.69 Å². The fraction of sp³-hybridized carbons (Fsp3) is 0.615. The van der Waals surface area contributed by atoms with Crippen LogP contribution in [0.1, 0.15) is 18.4 Å². The summed E-state index contributed by atoms with van der Waals surface area (Å²) >= 11 is 0. The summed E-state index contributed by atoms with van der Waals surface area (Å²) in [5.74, 6) is 0.619. The predicted molar refractivity (Wildman–Crippen MR) is 73.9 cm³/mol. The van der Waals surface area contributed by atoms with Crippen LogP contribution in [0.5, 0.6) is 0 Å². The fourth-order valence-electron chi connectivity index (χ4n) is 2.08. The van der Waals surface area contributed by atoms with Crippen LogP contribution in [0.4, 0.5) is 11.5 Å². The number of nitro groups is 1. The van der Waals surface area contributed by atoms with Crippen LogP contribution in [0.2, 0.25) is 0 Å². The van der Waals surface area contributed by atoms with Crippen molar-refractivity contribution >= 4 is 11.5 Å². The third-order valence-electron chi connectivity index (χ3n) is 3.16. The van der Waals surface area contributed by atoms with E-state index in [0.29, 0.717) is 31.1 Å². The summed E-state index contributed by atoms with van der Waals surface area (Å²) in [6, 6.07) is 1.66. The molecule has 2 heterocycles. The van der Waals surface area contributed by atoms with E-state index in [1.807, 2.05) is 0 Å². The molecule has 0 saturated carbocycles. The summed E-state index contributed by atoms with van der Waals surface area (Å²) in [4.78, 5) is 14.2. The van der Waals surface area contributed by atoms with Gasteiger partial charge in [0.15, 0.2) is 0 Å². The standard InChI is InChI=1S/C13H19N3O4/c1-10-7-13(15-8-12(10)16(17)18)14-4-6-19-9-11-3-2-5-20-11/h7-8,11H,2-6,9H2,1H3,(H,14,15). The number of aromatic nitrogens is 1. The molecule has 1 aromatic heterocycles. The maximum atomic E-state index is 10.7. The molecule has 1 aromatic rings. The predicted octanol–water partition coefficient (Wildman–Crippen LogP) is 1.91. The van der Waals surface area contributed by atoms with Gasteiger partial charge in [-0.2, -0.15) is 0 Å². The topological polar surface area (TPSA) is 86.5 Å². The van der Waals surface area contributed by atoms with Crippen molar-refractivity contribution in [1.82, 2.24) is 4.98 Å². The Morgan fingerprint density at radius 3 is 3.15 bits per heavy atom. The van der Waals surface area contributed by atoms with Crippen LogP contribution in [-0.2, 0) is 9.47 Å². The molecule has 20 heavy (non-hydrogen) atoms. The number of anilines is 1. The van der Waals surface area contributed by atoms with Crippen molar-refractivity contribution in [2.24, 2.45) is 0 Å². The van der Waals surface area contributed by atoms with Gasteiger partial charge in [-0.25, -0.2) is 4.98 Å². The van der Waals surface area contributed by atoms with Crippen LogP contribution >= 0.6 is 0 Å². The van der Waals surface area contributed by atoms with E-state index in [4.69, 9.17) is 9.47 Å². The Kier molecular flexibility index (Phi) is 5.25. The van der Waals surface area contributed by atoms with Crippen molar-refractivity contribution < 1.29 is 14.4 Å². The second kappa shape index (κ2) is 7.16. The second-order valence-electron chi connectivity index (χ2n) is 4.75. The average Bonchev–Trinajstić information content (AvgIpc) is 2.91. The van der Waals surface area contributed by atoms with Gasteiger partial charge >= 0.3 is 0 Å². The summed E-state index contributed by atoms with van der Waals surface area (Å²) in [5, 5.41) is 13.7. The quantitative estimate of drug-likeness (QED) is 0.466. The lowest BCUT2D eigenvalue weighted by Gasteiger charge is -2.11. The zero-order valence-electron chi connectivity index (χ0n) is 11.5. The maximum Gasteiger partial charge on any atom is 0.290 e. The number of pyridine rings is 1. The normalized spacial score (nSPS) is 18.1. The van der Waals surface area contributed by atoms with Gasteiger partial charge in [-0.15, -0.1) is 0 Å². The van der Waals surface area contributed by atoms with Gasteiger partial charge in [0, 0.05) is 18.7 Å². The highest BCUT2D eigenvalue weighted by molar-refractivity contribution is 5.46. The lowest BCUT2D eigenvalue weighted by atomic mass is 10.2. The molecule has 0 radical (unpaired) electrons. The molecule has 0 aliphatic carbocycles. The lowest BCUT2D eigenvalue weighted by Crippen LogP contribution is -2.18. The van der Waals surface area contributed by atoms with Crippen molar-refractivity contribution in [3.05, 3.63) is 27.9 Å². The van der Waals surface area contributed by atoms with E-state index in [1.54, 1.807) is 13.0 Å². The third-order valence-corrected chi connectivity index (χ3v) is 3.16. The van der Waals surface area contributed by atoms with Crippen LogP contribution in [0.25, 0.3) is 0 Å². The number of nitrogens with one attached hydrogen (secondary N) is 1. The van der Waals surface area contributed by atoms with Crippen molar-refractivity contribution in [1.29, 1.82) is 0 Å². The molecular weight excluding hydrogens is 262 g/mol. The van der Waals surface area contributed by atoms with E-state index in [1.165, 1.54) is 6.20 Å². The van der Waals surface area contributed by atoms with E-state index >= 15 is 0 Å². The molecule has 0 aromatic carbocycles. The molecule has 0 spiro atoms. The summed E-state index contributed by atoms with van der Waals surface area (Å²) in [5.41, 5.74) is 0.623. The molecule has 1 N–H and O–H groups in total. The molecule has 1 aliphatic heterocycles. The Balaban J connectivity index is 1.68. The number of hydrogen-bond acceptors (Lipinski definition) is 6. The maximum absolute atomic E-state index is 10.7. The van der Waals surface area contributed by atoms with Crippen LogP contribution in [0.3, 0.4) is 0 Å². The molecule has 1 saturated heterocycles. The van der Waals surface area contributed by atoms with E-state index in [2.05, 4.69) is 10.3 Å². The molecule has 0 bridgehead atoms. The monoisotopic (exact) mass is 281 g/mol. The molecule has 1 unspecified atom stereocenters. The summed E-state index contributed by atoms with van der Waals surface area (Å²) in [6.07, 6.45) is 3.68. The Labute approximate surface area is 117 Å². The van der Waals surface area contributed by atoms with Crippen molar-refractivity contribution in [2.75, 3.05) is 31.7 Å². The number of aryl methyl sites for hydroxylation is 1. The van der Waals surface area contributed by atoms with Crippen molar-refractivity contribution in [3.63, 3.8) is 0 Å². The molecule has 0 amide bonds. The molecule has 2 rings (SSSR count). The number of rotatable bonds is 7. The molecule has 110 valence electrons. The highest BCUT2D eigenvalue weighted by atomic mass is 16.6. The highest BCUT2D eigenvalue weighted by Crippen LogP contribution is 2.18. The minimum absolute atomic E-state index is 0.0326. The minimum atomic E-state index is -0.434. The second-order valence-corrected chi connectivity index (χ2v) is 4.75. The third kappa shape index (κ3) is 4.14. The summed E-state index contributed by atoms with van der Waals surface area (Å²) in [7, 11) is 0. The minimum Gasteiger partial charge on any atom is -0.377 e. The van der Waals surface area contributed by atoms with E-state index in [0.717, 1.165) is 19.4 Å². The fourth-order valence-corrected chi connectivity index (χ4v) is 2.08. The van der Waals surface area contributed by atoms with E-state index in [9.17, 15) is 10.1 Å². The molecule has 7 heteroatoms. The molecule has 1 atom stereocenters. The summed E-state index contributed by atoms with van der Waals surface area (Å²) < 4.78 is 11.0. The first-order chi connectivity index (χ1) is 9.66. The SMILES string of the molecule is Cc1cc(NCCOCC2CCCO2)ncc1[N+](=O)[O-].